The highest BCUT2D eigenvalue weighted by Crippen LogP contribution is 2.30. The molecule has 1 N–H and O–H groups in total. The van der Waals surface area contributed by atoms with Gasteiger partial charge in [0.15, 0.2) is 9.84 Å². The van der Waals surface area contributed by atoms with E-state index in [0.717, 1.165) is 26.1 Å². The van der Waals surface area contributed by atoms with Crippen molar-refractivity contribution in [1.82, 2.24) is 25.2 Å². The van der Waals surface area contributed by atoms with Crippen molar-refractivity contribution in [2.24, 2.45) is 5.41 Å². The predicted molar refractivity (Wildman–Crippen MR) is 132 cm³/mol. The zero-order valence-corrected chi connectivity index (χ0v) is 22.3. The lowest BCUT2D eigenvalue weighted by Gasteiger charge is -2.44. The van der Waals surface area contributed by atoms with E-state index in [4.69, 9.17) is 9.47 Å². The van der Waals surface area contributed by atoms with Crippen LogP contribution in [0.25, 0.3) is 0 Å². The Kier molecular flexibility index (Phi) is 8.55. The molecule has 1 amide bonds. The van der Waals surface area contributed by atoms with Crippen LogP contribution < -0.4 is 10.1 Å². The smallest absolute Gasteiger partial charge is 0.242 e. The highest BCUT2D eigenvalue weighted by atomic mass is 32.2. The Hall–Kier alpha value is -2.50. The van der Waals surface area contributed by atoms with Crippen LogP contribution in [-0.4, -0.2) is 80.7 Å². The largest absolute Gasteiger partial charge is 0.497 e. The van der Waals surface area contributed by atoms with E-state index in [-0.39, 0.29) is 34.6 Å². The van der Waals surface area contributed by atoms with Crippen LogP contribution >= 0.6 is 0 Å². The second-order valence-corrected chi connectivity index (χ2v) is 11.8. The molecule has 10 nitrogen and oxygen atoms in total. The summed E-state index contributed by atoms with van der Waals surface area (Å²) in [5, 5.41) is 11.1. The average Bonchev–Trinajstić information content (AvgIpc) is 3.18. The third kappa shape index (κ3) is 6.80. The summed E-state index contributed by atoms with van der Waals surface area (Å²) in [6.07, 6.45) is 2.37. The molecular weight excluding hydrogens is 470 g/mol. The van der Waals surface area contributed by atoms with E-state index in [0.29, 0.717) is 29.2 Å². The van der Waals surface area contributed by atoms with Crippen LogP contribution in [0.2, 0.25) is 0 Å². The monoisotopic (exact) mass is 507 g/mol. The fraction of sp³-hybridized carbons (Fsp3) is 0.625. The van der Waals surface area contributed by atoms with Gasteiger partial charge in [0.05, 0.1) is 30.5 Å². The van der Waals surface area contributed by atoms with Gasteiger partial charge in [0.1, 0.15) is 18.0 Å². The van der Waals surface area contributed by atoms with Gasteiger partial charge < -0.3 is 19.7 Å². The van der Waals surface area contributed by atoms with Crippen molar-refractivity contribution in [3.63, 3.8) is 0 Å². The van der Waals surface area contributed by atoms with Gasteiger partial charge in [0.25, 0.3) is 0 Å². The molecule has 1 aromatic heterocycles. The molecular formula is C24H37N5O5S. The molecule has 11 heteroatoms. The van der Waals surface area contributed by atoms with E-state index in [1.807, 2.05) is 0 Å². The number of benzene rings is 1. The van der Waals surface area contributed by atoms with Crippen molar-refractivity contribution in [1.29, 1.82) is 0 Å². The van der Waals surface area contributed by atoms with Crippen molar-refractivity contribution in [2.45, 2.75) is 57.4 Å². The molecule has 3 rings (SSSR count). The Morgan fingerprint density at radius 2 is 1.91 bits per heavy atom. The summed E-state index contributed by atoms with van der Waals surface area (Å²) < 4.78 is 38.0. The second kappa shape index (κ2) is 11.0. The van der Waals surface area contributed by atoms with Gasteiger partial charge in [-0.25, -0.2) is 13.1 Å². The lowest BCUT2D eigenvalue weighted by Crippen LogP contribution is -2.56. The molecule has 1 saturated heterocycles. The van der Waals surface area contributed by atoms with Crippen molar-refractivity contribution in [2.75, 3.05) is 40.5 Å². The van der Waals surface area contributed by atoms with Gasteiger partial charge in [0, 0.05) is 32.8 Å². The molecule has 0 saturated carbocycles. The molecule has 1 aromatic carbocycles. The number of carbonyl (C=O) groups excluding carboxylic acids is 1. The molecule has 0 radical (unpaired) electrons. The highest BCUT2D eigenvalue weighted by molar-refractivity contribution is 7.90. The fourth-order valence-corrected chi connectivity index (χ4v) is 6.57. The summed E-state index contributed by atoms with van der Waals surface area (Å²) in [7, 11) is -0.406. The molecule has 1 unspecified atom stereocenters. The van der Waals surface area contributed by atoms with Crippen LogP contribution in [0.1, 0.15) is 37.1 Å². The van der Waals surface area contributed by atoms with Crippen LogP contribution in [0.5, 0.6) is 5.75 Å². The second-order valence-electron chi connectivity index (χ2n) is 9.92. The van der Waals surface area contributed by atoms with Gasteiger partial charge in [-0.15, -0.1) is 5.10 Å². The number of amides is 1. The number of nitrogens with one attached hydrogen (secondary N) is 1. The SMILES string of the molecule is COCCN1CCC(NC(=O)Cn2cc(CS(=O)(=O)c3c(C)cc(OC)cc3C)nn2)C(C)(C)C1. The van der Waals surface area contributed by atoms with E-state index in [1.54, 1.807) is 40.2 Å². The number of methoxy groups -OCH3 is 2. The molecule has 1 fully saturated rings. The number of carbonyl (C=O) groups is 1. The van der Waals surface area contributed by atoms with Crippen LogP contribution in [-0.2, 0) is 31.7 Å². The first-order valence-electron chi connectivity index (χ1n) is 11.7. The van der Waals surface area contributed by atoms with Crippen molar-refractivity contribution in [3.8, 4) is 5.75 Å². The molecule has 0 spiro atoms. The average molecular weight is 508 g/mol. The van der Waals surface area contributed by atoms with Gasteiger partial charge in [-0.1, -0.05) is 19.1 Å². The minimum atomic E-state index is -3.65. The van der Waals surface area contributed by atoms with Gasteiger partial charge in [0.2, 0.25) is 5.91 Å². The summed E-state index contributed by atoms with van der Waals surface area (Å²) in [6.45, 7) is 11.1. The number of aromatic nitrogens is 3. The third-order valence-corrected chi connectivity index (χ3v) is 8.41. The molecule has 194 valence electrons. The van der Waals surface area contributed by atoms with E-state index in [2.05, 4.69) is 34.4 Å². The maximum atomic E-state index is 13.1. The van der Waals surface area contributed by atoms with Crippen LogP contribution in [0, 0.1) is 19.3 Å². The number of aryl methyl sites for hydroxylation is 2. The number of likely N-dealkylation sites (tertiary alicyclic amines) is 1. The number of piperidine rings is 1. The Balaban J connectivity index is 1.61. The zero-order chi connectivity index (χ0) is 25.8. The van der Waals surface area contributed by atoms with Crippen LogP contribution in [0.3, 0.4) is 0 Å². The minimum Gasteiger partial charge on any atom is -0.497 e. The molecule has 1 aliphatic rings. The molecule has 0 aliphatic carbocycles. The first-order valence-corrected chi connectivity index (χ1v) is 13.4. The van der Waals surface area contributed by atoms with E-state index >= 15 is 0 Å². The Labute approximate surface area is 207 Å². The van der Waals surface area contributed by atoms with Crippen molar-refractivity contribution >= 4 is 15.7 Å². The Morgan fingerprint density at radius 1 is 1.23 bits per heavy atom. The highest BCUT2D eigenvalue weighted by Gasteiger charge is 2.36. The summed E-state index contributed by atoms with van der Waals surface area (Å²) >= 11 is 0. The minimum absolute atomic E-state index is 0.0202. The normalized spacial score (nSPS) is 18.4. The van der Waals surface area contributed by atoms with Crippen LogP contribution in [0.15, 0.2) is 23.2 Å². The number of nitrogens with zero attached hydrogens (tertiary/aromatic N) is 4. The van der Waals surface area contributed by atoms with E-state index < -0.39 is 9.84 Å². The van der Waals surface area contributed by atoms with Gasteiger partial charge >= 0.3 is 0 Å². The quantitative estimate of drug-likeness (QED) is 0.517. The summed E-state index contributed by atoms with van der Waals surface area (Å²) in [6, 6.07) is 3.44. The Bertz CT molecular complexity index is 1120. The molecule has 35 heavy (non-hydrogen) atoms. The first kappa shape index (κ1) is 27.1. The van der Waals surface area contributed by atoms with Gasteiger partial charge in [-0.3, -0.25) is 4.79 Å². The number of sulfone groups is 1. The zero-order valence-electron chi connectivity index (χ0n) is 21.5. The van der Waals surface area contributed by atoms with Crippen molar-refractivity contribution in [3.05, 3.63) is 35.2 Å². The molecule has 1 atom stereocenters. The summed E-state index contributed by atoms with van der Waals surface area (Å²) in [5.74, 6) is 0.143. The molecule has 1 aliphatic heterocycles. The molecule has 2 aromatic rings. The van der Waals surface area contributed by atoms with Crippen LogP contribution in [0.4, 0.5) is 0 Å². The van der Waals surface area contributed by atoms with Gasteiger partial charge in [-0.05, 0) is 48.9 Å². The topological polar surface area (TPSA) is 116 Å². The number of hydrogen-bond donors (Lipinski definition) is 1. The third-order valence-electron chi connectivity index (χ3n) is 6.47. The standard InChI is InChI=1S/C24H37N5O5S/c1-17-11-20(34-6)12-18(2)23(17)35(31,32)15-19-13-29(27-26-19)14-22(30)25-21-7-8-28(9-10-33-5)16-24(21,3)4/h11-13,21H,7-10,14-16H2,1-6H3,(H,25,30). The maximum Gasteiger partial charge on any atom is 0.242 e. The number of rotatable bonds is 10. The lowest BCUT2D eigenvalue weighted by atomic mass is 9.79. The van der Waals surface area contributed by atoms with Gasteiger partial charge in [-0.2, -0.15) is 0 Å². The first-order chi connectivity index (χ1) is 16.4. The summed E-state index contributed by atoms with van der Waals surface area (Å²) in [4.78, 5) is 15.3. The maximum absolute atomic E-state index is 13.1. The molecule has 0 bridgehead atoms. The molecule has 2 heterocycles. The predicted octanol–water partition coefficient (Wildman–Crippen LogP) is 1.74. The fourth-order valence-electron chi connectivity index (χ4n) is 4.80. The summed E-state index contributed by atoms with van der Waals surface area (Å²) in [5.41, 5.74) is 1.44. The Morgan fingerprint density at radius 3 is 2.51 bits per heavy atom. The van der Waals surface area contributed by atoms with E-state index in [9.17, 15) is 13.2 Å². The number of hydrogen-bond acceptors (Lipinski definition) is 8. The lowest BCUT2D eigenvalue weighted by molar-refractivity contribution is -0.124. The van der Waals surface area contributed by atoms with Crippen molar-refractivity contribution < 1.29 is 22.7 Å². The van der Waals surface area contributed by atoms with E-state index in [1.165, 1.54) is 10.9 Å². The number of ether oxygens (including phenoxy) is 2.